The number of hydrogen-bond donors (Lipinski definition) is 0. The van der Waals surface area contributed by atoms with Crippen LogP contribution in [-0.4, -0.2) is 7.11 Å². The van der Waals surface area contributed by atoms with Crippen molar-refractivity contribution in [3.63, 3.8) is 0 Å². The maximum Gasteiger partial charge on any atom is 0.119 e. The minimum absolute atomic E-state index is 0.0949. The maximum absolute atomic E-state index is 5.39. The molecule has 0 aliphatic carbocycles. The van der Waals surface area contributed by atoms with Crippen molar-refractivity contribution < 1.29 is 4.74 Å². The second kappa shape index (κ2) is 5.49. The van der Waals surface area contributed by atoms with Gasteiger partial charge in [0.15, 0.2) is 0 Å². The van der Waals surface area contributed by atoms with E-state index in [-0.39, 0.29) is 5.41 Å². The lowest BCUT2D eigenvalue weighted by Gasteiger charge is -2.23. The Balaban J connectivity index is 2.31. The first-order chi connectivity index (χ1) is 10.5. The van der Waals surface area contributed by atoms with Crippen LogP contribution in [-0.2, 0) is 5.41 Å². The first kappa shape index (κ1) is 14.6. The zero-order valence-corrected chi connectivity index (χ0v) is 13.7. The molecule has 0 bridgehead atoms. The standard InChI is InChI=1S/C21H22O/c1-21(2,3)20-14-16(15-8-6-5-7-9-15)12-17-13-18(22-4)10-11-19(17)20/h5-14H,1-4H3. The van der Waals surface area contributed by atoms with Gasteiger partial charge < -0.3 is 4.74 Å². The first-order valence-electron chi connectivity index (χ1n) is 7.67. The summed E-state index contributed by atoms with van der Waals surface area (Å²) in [6, 6.07) is 21.5. The van der Waals surface area contributed by atoms with Crippen LogP contribution in [0.5, 0.6) is 5.75 Å². The molecular weight excluding hydrogens is 268 g/mol. The molecule has 0 spiro atoms. The van der Waals surface area contributed by atoms with Crippen LogP contribution in [0.1, 0.15) is 26.3 Å². The molecule has 0 saturated heterocycles. The van der Waals surface area contributed by atoms with Crippen molar-refractivity contribution in [2.24, 2.45) is 0 Å². The van der Waals surface area contributed by atoms with Gasteiger partial charge in [-0.3, -0.25) is 0 Å². The fourth-order valence-electron chi connectivity index (χ4n) is 2.89. The summed E-state index contributed by atoms with van der Waals surface area (Å²) in [5.41, 5.74) is 3.97. The lowest BCUT2D eigenvalue weighted by atomic mass is 9.82. The third kappa shape index (κ3) is 2.71. The molecule has 3 aromatic carbocycles. The van der Waals surface area contributed by atoms with E-state index >= 15 is 0 Å². The smallest absolute Gasteiger partial charge is 0.119 e. The monoisotopic (exact) mass is 290 g/mol. The van der Waals surface area contributed by atoms with Crippen LogP contribution in [0.4, 0.5) is 0 Å². The predicted octanol–water partition coefficient (Wildman–Crippen LogP) is 5.81. The summed E-state index contributed by atoms with van der Waals surface area (Å²) in [5.74, 6) is 0.901. The summed E-state index contributed by atoms with van der Waals surface area (Å²) in [6.45, 7) is 6.79. The minimum atomic E-state index is 0.0949. The summed E-state index contributed by atoms with van der Waals surface area (Å²) in [6.07, 6.45) is 0. The summed E-state index contributed by atoms with van der Waals surface area (Å²) in [4.78, 5) is 0. The van der Waals surface area contributed by atoms with Crippen LogP contribution in [0.25, 0.3) is 21.9 Å². The lowest BCUT2D eigenvalue weighted by Crippen LogP contribution is -2.12. The molecule has 3 aromatic rings. The van der Waals surface area contributed by atoms with Gasteiger partial charge >= 0.3 is 0 Å². The first-order valence-corrected chi connectivity index (χ1v) is 7.67. The maximum atomic E-state index is 5.39. The van der Waals surface area contributed by atoms with Gasteiger partial charge in [0.05, 0.1) is 7.11 Å². The van der Waals surface area contributed by atoms with Gasteiger partial charge in [0, 0.05) is 0 Å². The molecule has 0 saturated carbocycles. The summed E-state index contributed by atoms with van der Waals surface area (Å²) in [5, 5.41) is 2.53. The Morgan fingerprint density at radius 2 is 1.50 bits per heavy atom. The Morgan fingerprint density at radius 3 is 2.14 bits per heavy atom. The van der Waals surface area contributed by atoms with E-state index in [1.54, 1.807) is 7.11 Å². The van der Waals surface area contributed by atoms with Crippen molar-refractivity contribution in [1.82, 2.24) is 0 Å². The molecule has 0 fully saturated rings. The van der Waals surface area contributed by atoms with Gasteiger partial charge in [-0.15, -0.1) is 0 Å². The van der Waals surface area contributed by atoms with Crippen LogP contribution < -0.4 is 4.74 Å². The third-order valence-electron chi connectivity index (χ3n) is 4.07. The number of rotatable bonds is 2. The molecule has 3 rings (SSSR count). The molecule has 0 amide bonds. The SMILES string of the molecule is COc1ccc2c(C(C)(C)C)cc(-c3ccccc3)cc2c1. The van der Waals surface area contributed by atoms with E-state index in [0.29, 0.717) is 0 Å². The third-order valence-corrected chi connectivity index (χ3v) is 4.07. The van der Waals surface area contributed by atoms with Gasteiger partial charge in [-0.2, -0.15) is 0 Å². The number of hydrogen-bond acceptors (Lipinski definition) is 1. The van der Waals surface area contributed by atoms with Crippen molar-refractivity contribution in [3.05, 3.63) is 66.2 Å². The number of fused-ring (bicyclic) bond motifs is 1. The largest absolute Gasteiger partial charge is 0.497 e. The fraction of sp³-hybridized carbons (Fsp3) is 0.238. The van der Waals surface area contributed by atoms with Gasteiger partial charge in [0.25, 0.3) is 0 Å². The fourth-order valence-corrected chi connectivity index (χ4v) is 2.89. The van der Waals surface area contributed by atoms with E-state index in [9.17, 15) is 0 Å². The predicted molar refractivity (Wildman–Crippen MR) is 94.6 cm³/mol. The average Bonchev–Trinajstić information content (AvgIpc) is 2.53. The van der Waals surface area contributed by atoms with E-state index in [1.165, 1.54) is 27.5 Å². The number of methoxy groups -OCH3 is 1. The van der Waals surface area contributed by atoms with Crippen LogP contribution in [0, 0.1) is 0 Å². The van der Waals surface area contributed by atoms with Gasteiger partial charge in [0.1, 0.15) is 5.75 Å². The molecule has 112 valence electrons. The van der Waals surface area contributed by atoms with Gasteiger partial charge in [-0.1, -0.05) is 57.2 Å². The van der Waals surface area contributed by atoms with Crippen molar-refractivity contribution in [1.29, 1.82) is 0 Å². The number of ether oxygens (including phenoxy) is 1. The van der Waals surface area contributed by atoms with Gasteiger partial charge in [-0.25, -0.2) is 0 Å². The van der Waals surface area contributed by atoms with Crippen LogP contribution >= 0.6 is 0 Å². The summed E-state index contributed by atoms with van der Waals surface area (Å²) < 4.78 is 5.39. The van der Waals surface area contributed by atoms with E-state index in [2.05, 4.69) is 75.4 Å². The van der Waals surface area contributed by atoms with Crippen LogP contribution in [0.3, 0.4) is 0 Å². The van der Waals surface area contributed by atoms with E-state index in [1.807, 2.05) is 6.07 Å². The normalized spacial score (nSPS) is 11.6. The molecule has 0 aromatic heterocycles. The topological polar surface area (TPSA) is 9.23 Å². The van der Waals surface area contributed by atoms with Crippen molar-refractivity contribution in [2.75, 3.05) is 7.11 Å². The second-order valence-corrected chi connectivity index (χ2v) is 6.73. The minimum Gasteiger partial charge on any atom is -0.497 e. The summed E-state index contributed by atoms with van der Waals surface area (Å²) in [7, 11) is 1.72. The Bertz CT molecular complexity index is 795. The molecule has 0 aliphatic rings. The van der Waals surface area contributed by atoms with E-state index < -0.39 is 0 Å². The van der Waals surface area contributed by atoms with E-state index in [4.69, 9.17) is 4.74 Å². The second-order valence-electron chi connectivity index (χ2n) is 6.73. The Labute approximate surface area is 132 Å². The van der Waals surface area contributed by atoms with Crippen molar-refractivity contribution >= 4 is 10.8 Å². The average molecular weight is 290 g/mol. The highest BCUT2D eigenvalue weighted by molar-refractivity contribution is 5.92. The summed E-state index contributed by atoms with van der Waals surface area (Å²) >= 11 is 0. The zero-order chi connectivity index (χ0) is 15.7. The quantitative estimate of drug-likeness (QED) is 0.578. The van der Waals surface area contributed by atoms with Crippen LogP contribution in [0.2, 0.25) is 0 Å². The molecule has 0 unspecified atom stereocenters. The zero-order valence-electron chi connectivity index (χ0n) is 13.7. The van der Waals surface area contributed by atoms with Gasteiger partial charge in [-0.05, 0) is 57.1 Å². The highest BCUT2D eigenvalue weighted by Crippen LogP contribution is 2.36. The molecule has 0 atom stereocenters. The molecule has 0 radical (unpaired) electrons. The molecule has 0 heterocycles. The molecule has 22 heavy (non-hydrogen) atoms. The Kier molecular flexibility index (Phi) is 3.66. The lowest BCUT2D eigenvalue weighted by molar-refractivity contribution is 0.415. The van der Waals surface area contributed by atoms with Crippen molar-refractivity contribution in [3.8, 4) is 16.9 Å². The van der Waals surface area contributed by atoms with Crippen LogP contribution in [0.15, 0.2) is 60.7 Å². The molecule has 0 aliphatic heterocycles. The molecule has 1 heteroatoms. The molecule has 0 N–H and O–H groups in total. The highest BCUT2D eigenvalue weighted by Gasteiger charge is 2.18. The van der Waals surface area contributed by atoms with E-state index in [0.717, 1.165) is 5.75 Å². The Hall–Kier alpha value is -2.28. The molecular formula is C21H22O. The molecule has 1 nitrogen and oxygen atoms in total. The van der Waals surface area contributed by atoms with Gasteiger partial charge in [0.2, 0.25) is 0 Å². The van der Waals surface area contributed by atoms with Crippen molar-refractivity contribution in [2.45, 2.75) is 26.2 Å². The Morgan fingerprint density at radius 1 is 0.773 bits per heavy atom. The highest BCUT2D eigenvalue weighted by atomic mass is 16.5. The number of benzene rings is 3.